The van der Waals surface area contributed by atoms with Gasteiger partial charge in [0.2, 0.25) is 0 Å². The Morgan fingerprint density at radius 3 is 2.79 bits per heavy atom. The lowest BCUT2D eigenvalue weighted by Gasteiger charge is -2.31. The molecular formula is C21H21FN4OS. The molecule has 1 fully saturated rings. The minimum Gasteiger partial charge on any atom is -0.324 e. The summed E-state index contributed by atoms with van der Waals surface area (Å²) >= 11 is 1.41. The monoisotopic (exact) mass is 396 g/mol. The average Bonchev–Trinajstić information content (AvgIpc) is 3.20. The van der Waals surface area contributed by atoms with E-state index in [0.29, 0.717) is 23.7 Å². The maximum atomic E-state index is 14.0. The van der Waals surface area contributed by atoms with Crippen molar-refractivity contribution in [2.24, 2.45) is 0 Å². The molecule has 4 rings (SSSR count). The van der Waals surface area contributed by atoms with Gasteiger partial charge in [-0.2, -0.15) is 0 Å². The number of halogens is 1. The summed E-state index contributed by atoms with van der Waals surface area (Å²) in [6.45, 7) is 3.27. The van der Waals surface area contributed by atoms with Gasteiger partial charge in [0.15, 0.2) is 5.01 Å². The molecule has 2 amide bonds. The van der Waals surface area contributed by atoms with Crippen molar-refractivity contribution in [2.45, 2.75) is 25.7 Å². The van der Waals surface area contributed by atoms with Gasteiger partial charge < -0.3 is 10.2 Å². The van der Waals surface area contributed by atoms with Crippen molar-refractivity contribution in [3.63, 3.8) is 0 Å². The molecule has 0 spiro atoms. The van der Waals surface area contributed by atoms with Crippen LogP contribution in [0.4, 0.5) is 14.9 Å². The van der Waals surface area contributed by atoms with Crippen LogP contribution < -0.4 is 5.32 Å². The Morgan fingerprint density at radius 2 is 1.96 bits per heavy atom. The van der Waals surface area contributed by atoms with E-state index in [1.54, 1.807) is 18.2 Å². The van der Waals surface area contributed by atoms with Crippen LogP contribution in [0.3, 0.4) is 0 Å². The second kappa shape index (κ2) is 8.06. The van der Waals surface area contributed by atoms with E-state index < -0.39 is 0 Å². The number of carbonyl (C=O) groups is 1. The van der Waals surface area contributed by atoms with Crippen molar-refractivity contribution < 1.29 is 9.18 Å². The summed E-state index contributed by atoms with van der Waals surface area (Å²) in [6.07, 6.45) is 1.85. The number of likely N-dealkylation sites (tertiary alicyclic amines) is 1. The first-order valence-corrected chi connectivity index (χ1v) is 10.1. The summed E-state index contributed by atoms with van der Waals surface area (Å²) in [6, 6.07) is 14.2. The van der Waals surface area contributed by atoms with Crippen molar-refractivity contribution >= 4 is 23.1 Å². The molecule has 2 aromatic carbocycles. The lowest BCUT2D eigenvalue weighted by molar-refractivity contribution is 0.192. The molecule has 0 aliphatic carbocycles. The van der Waals surface area contributed by atoms with Crippen LogP contribution in [0.1, 0.15) is 29.3 Å². The van der Waals surface area contributed by atoms with Gasteiger partial charge in [-0.05, 0) is 43.5 Å². The lowest BCUT2D eigenvalue weighted by Crippen LogP contribution is -2.41. The zero-order valence-electron chi connectivity index (χ0n) is 15.6. The van der Waals surface area contributed by atoms with Crippen molar-refractivity contribution in [2.75, 3.05) is 18.4 Å². The van der Waals surface area contributed by atoms with E-state index in [-0.39, 0.29) is 17.8 Å². The second-order valence-electron chi connectivity index (χ2n) is 6.96. The third kappa shape index (κ3) is 3.89. The van der Waals surface area contributed by atoms with E-state index in [1.807, 2.05) is 36.1 Å². The second-order valence-corrected chi connectivity index (χ2v) is 7.96. The molecule has 1 aliphatic rings. The Bertz CT molecular complexity index is 990. The minimum absolute atomic E-state index is 0.0992. The molecule has 1 unspecified atom stereocenters. The van der Waals surface area contributed by atoms with Gasteiger partial charge in [-0.3, -0.25) is 0 Å². The molecule has 5 nitrogen and oxygen atoms in total. The molecule has 28 heavy (non-hydrogen) atoms. The Balaban J connectivity index is 1.46. The summed E-state index contributed by atoms with van der Waals surface area (Å²) in [7, 11) is 0. The van der Waals surface area contributed by atoms with Crippen LogP contribution in [0.2, 0.25) is 0 Å². The van der Waals surface area contributed by atoms with E-state index in [2.05, 4.69) is 15.5 Å². The summed E-state index contributed by atoms with van der Waals surface area (Å²) in [5, 5.41) is 12.9. The number of rotatable bonds is 3. The van der Waals surface area contributed by atoms with Gasteiger partial charge >= 0.3 is 6.03 Å². The molecule has 144 valence electrons. The number of carbonyl (C=O) groups excluding carboxylic acids is 1. The van der Waals surface area contributed by atoms with Gasteiger partial charge in [-0.15, -0.1) is 10.2 Å². The molecule has 0 bridgehead atoms. The zero-order valence-corrected chi connectivity index (χ0v) is 16.4. The number of aromatic nitrogens is 2. The number of benzene rings is 2. The number of nitrogens with zero attached hydrogens (tertiary/aromatic N) is 3. The van der Waals surface area contributed by atoms with Crippen molar-refractivity contribution in [3.8, 4) is 10.6 Å². The van der Waals surface area contributed by atoms with Crippen molar-refractivity contribution in [1.29, 1.82) is 0 Å². The first-order chi connectivity index (χ1) is 13.6. The summed E-state index contributed by atoms with van der Waals surface area (Å²) in [5.41, 5.74) is 2.33. The predicted molar refractivity (Wildman–Crippen MR) is 109 cm³/mol. The lowest BCUT2D eigenvalue weighted by atomic mass is 9.99. The molecule has 0 saturated carbocycles. The van der Waals surface area contributed by atoms with E-state index in [0.717, 1.165) is 29.1 Å². The maximum absolute atomic E-state index is 14.0. The highest BCUT2D eigenvalue weighted by Crippen LogP contribution is 2.33. The number of hydrogen-bond donors (Lipinski definition) is 1. The van der Waals surface area contributed by atoms with Gasteiger partial charge in [0, 0.05) is 30.3 Å². The van der Waals surface area contributed by atoms with Crippen LogP contribution in [-0.2, 0) is 0 Å². The number of para-hydroxylation sites is 1. The number of hydrogen-bond acceptors (Lipinski definition) is 4. The molecular weight excluding hydrogens is 375 g/mol. The molecule has 1 saturated heterocycles. The Labute approximate surface area is 167 Å². The third-order valence-electron chi connectivity index (χ3n) is 4.99. The van der Waals surface area contributed by atoms with E-state index in [1.165, 1.54) is 17.4 Å². The number of amides is 2. The van der Waals surface area contributed by atoms with Gasteiger partial charge in [0.25, 0.3) is 0 Å². The molecule has 1 atom stereocenters. The highest BCUT2D eigenvalue weighted by molar-refractivity contribution is 7.14. The predicted octanol–water partition coefficient (Wildman–Crippen LogP) is 5.06. The summed E-state index contributed by atoms with van der Waals surface area (Å²) < 4.78 is 14.0. The number of aryl methyl sites for hydroxylation is 1. The van der Waals surface area contributed by atoms with Crippen LogP contribution >= 0.6 is 11.3 Å². The highest BCUT2D eigenvalue weighted by atomic mass is 32.1. The summed E-state index contributed by atoms with van der Waals surface area (Å²) in [4.78, 5) is 14.5. The van der Waals surface area contributed by atoms with Crippen LogP contribution in [0, 0.1) is 12.7 Å². The molecule has 0 radical (unpaired) electrons. The first kappa shape index (κ1) is 18.6. The van der Waals surface area contributed by atoms with Gasteiger partial charge in [-0.25, -0.2) is 9.18 Å². The molecule has 1 aliphatic heterocycles. The van der Waals surface area contributed by atoms with Gasteiger partial charge in [-0.1, -0.05) is 41.7 Å². The highest BCUT2D eigenvalue weighted by Gasteiger charge is 2.28. The molecule has 1 aromatic heterocycles. The smallest absolute Gasteiger partial charge is 0.321 e. The molecule has 7 heteroatoms. The van der Waals surface area contributed by atoms with Gasteiger partial charge in [0.1, 0.15) is 10.8 Å². The van der Waals surface area contributed by atoms with E-state index in [9.17, 15) is 9.18 Å². The summed E-state index contributed by atoms with van der Waals surface area (Å²) in [5.74, 6) is -0.178. The van der Waals surface area contributed by atoms with E-state index in [4.69, 9.17) is 0 Å². The number of nitrogens with one attached hydrogen (secondary N) is 1. The fraction of sp³-hybridized carbons (Fsp3) is 0.286. The molecule has 2 heterocycles. The van der Waals surface area contributed by atoms with Crippen LogP contribution in [-0.4, -0.2) is 34.2 Å². The Hall–Kier alpha value is -2.80. The number of piperidine rings is 1. The first-order valence-electron chi connectivity index (χ1n) is 9.31. The van der Waals surface area contributed by atoms with Crippen molar-refractivity contribution in [3.05, 3.63) is 64.9 Å². The van der Waals surface area contributed by atoms with Crippen LogP contribution in [0.5, 0.6) is 0 Å². The topological polar surface area (TPSA) is 58.1 Å². The Morgan fingerprint density at radius 1 is 1.18 bits per heavy atom. The standard InChI is InChI=1S/C21H21FN4OS/c1-14-7-2-5-11-18(14)23-21(27)26-12-6-8-15(13-26)19-24-25-20(28-19)16-9-3-4-10-17(16)22/h2-5,7,9-11,15H,6,8,12-13H2,1H3,(H,23,27). The zero-order chi connectivity index (χ0) is 19.5. The maximum Gasteiger partial charge on any atom is 0.321 e. The quantitative estimate of drug-likeness (QED) is 0.673. The molecule has 3 aromatic rings. The van der Waals surface area contributed by atoms with E-state index >= 15 is 0 Å². The van der Waals surface area contributed by atoms with Crippen LogP contribution in [0.25, 0.3) is 10.6 Å². The fourth-order valence-electron chi connectivity index (χ4n) is 3.41. The van der Waals surface area contributed by atoms with Gasteiger partial charge in [0.05, 0.1) is 0 Å². The SMILES string of the molecule is Cc1ccccc1NC(=O)N1CCCC(c2nnc(-c3ccccc3F)s2)C1. The number of urea groups is 1. The average molecular weight is 396 g/mol. The van der Waals surface area contributed by atoms with Crippen LogP contribution in [0.15, 0.2) is 48.5 Å². The largest absolute Gasteiger partial charge is 0.324 e. The fourth-order valence-corrected chi connectivity index (χ4v) is 4.41. The third-order valence-corrected chi connectivity index (χ3v) is 6.11. The molecule has 1 N–H and O–H groups in total. The normalized spacial score (nSPS) is 16.8. The number of anilines is 1. The minimum atomic E-state index is -0.298. The Kier molecular flexibility index (Phi) is 5.34. The van der Waals surface area contributed by atoms with Crippen molar-refractivity contribution in [1.82, 2.24) is 15.1 Å².